The van der Waals surface area contributed by atoms with Crippen LogP contribution in [0.2, 0.25) is 0 Å². The molecule has 0 aliphatic carbocycles. The third-order valence-electron chi connectivity index (χ3n) is 3.63. The fourth-order valence-corrected chi connectivity index (χ4v) is 2.91. The Morgan fingerprint density at radius 2 is 2.16 bits per heavy atom. The van der Waals surface area contributed by atoms with Crippen LogP contribution >= 0.6 is 15.9 Å². The number of hydrogen-bond acceptors (Lipinski definition) is 3. The first kappa shape index (κ1) is 14.1. The third-order valence-corrected chi connectivity index (χ3v) is 4.02. The Balaban J connectivity index is 2.21. The van der Waals surface area contributed by atoms with Crippen molar-refractivity contribution >= 4 is 27.7 Å². The molecular formula is C13H17BrN2O3. The molecule has 2 rings (SSSR count). The number of piperidine rings is 1. The lowest BCUT2D eigenvalue weighted by Crippen LogP contribution is -2.48. The van der Waals surface area contributed by atoms with Crippen LogP contribution < -0.4 is 5.73 Å². The smallest absolute Gasteiger partial charge is 0.290 e. The van der Waals surface area contributed by atoms with Crippen LogP contribution in [0.25, 0.3) is 0 Å². The van der Waals surface area contributed by atoms with Gasteiger partial charge in [0.2, 0.25) is 5.91 Å². The predicted octanol–water partition coefficient (Wildman–Crippen LogP) is 2.08. The first-order valence-corrected chi connectivity index (χ1v) is 7.05. The lowest BCUT2D eigenvalue weighted by atomic mass is 9.92. The highest BCUT2D eigenvalue weighted by atomic mass is 79.9. The second-order valence-electron chi connectivity index (χ2n) is 5.05. The minimum Gasteiger partial charge on any atom is -0.444 e. The van der Waals surface area contributed by atoms with Crippen LogP contribution in [0, 0.1) is 12.8 Å². The maximum atomic E-state index is 12.5. The van der Waals surface area contributed by atoms with Crippen LogP contribution in [0.15, 0.2) is 15.2 Å². The van der Waals surface area contributed by atoms with Crippen LogP contribution in [-0.4, -0.2) is 29.3 Å². The molecule has 0 saturated carbocycles. The van der Waals surface area contributed by atoms with Crippen LogP contribution in [0.4, 0.5) is 0 Å². The van der Waals surface area contributed by atoms with Crippen molar-refractivity contribution in [2.45, 2.75) is 32.7 Å². The van der Waals surface area contributed by atoms with E-state index in [0.29, 0.717) is 17.0 Å². The number of furan rings is 1. The van der Waals surface area contributed by atoms with E-state index in [4.69, 9.17) is 10.2 Å². The summed E-state index contributed by atoms with van der Waals surface area (Å²) in [5.74, 6) is -0.466. The van der Waals surface area contributed by atoms with E-state index >= 15 is 0 Å². The van der Waals surface area contributed by atoms with E-state index in [1.54, 1.807) is 11.0 Å². The molecule has 6 heteroatoms. The summed E-state index contributed by atoms with van der Waals surface area (Å²) in [4.78, 5) is 25.4. The van der Waals surface area contributed by atoms with Gasteiger partial charge in [-0.15, -0.1) is 0 Å². The lowest BCUT2D eigenvalue weighted by molar-refractivity contribution is -0.123. The Hall–Kier alpha value is -1.30. The first-order chi connectivity index (χ1) is 8.90. The highest BCUT2D eigenvalue weighted by Gasteiger charge is 2.33. The zero-order valence-electron chi connectivity index (χ0n) is 11.0. The molecule has 1 fully saturated rings. The molecule has 2 atom stereocenters. The predicted molar refractivity (Wildman–Crippen MR) is 73.6 cm³/mol. The molecule has 0 bridgehead atoms. The number of primary amides is 1. The van der Waals surface area contributed by atoms with E-state index in [-0.39, 0.29) is 23.8 Å². The molecule has 1 saturated heterocycles. The number of nitrogens with two attached hydrogens (primary N) is 1. The van der Waals surface area contributed by atoms with E-state index < -0.39 is 0 Å². The van der Waals surface area contributed by atoms with Crippen molar-refractivity contribution in [1.29, 1.82) is 0 Å². The topological polar surface area (TPSA) is 76.5 Å². The Morgan fingerprint density at radius 1 is 1.47 bits per heavy atom. The zero-order valence-corrected chi connectivity index (χ0v) is 12.6. The quantitative estimate of drug-likeness (QED) is 0.902. The molecule has 19 heavy (non-hydrogen) atoms. The molecule has 1 aromatic rings. The molecule has 1 aliphatic heterocycles. The summed E-state index contributed by atoms with van der Waals surface area (Å²) in [6, 6.07) is 1.85. The summed E-state index contributed by atoms with van der Waals surface area (Å²) < 4.78 is 5.91. The number of nitrogens with zero attached hydrogens (tertiary/aromatic N) is 1. The van der Waals surface area contributed by atoms with Gasteiger partial charge >= 0.3 is 0 Å². The standard InChI is InChI=1S/C13H17BrN2O3/c1-7-5-10(14)19-11(7)13(18)16-6-9(12(15)17)4-3-8(16)2/h5,8-9H,3-4,6H2,1-2H3,(H2,15,17)/t8-,9-/m0/s1. The second-order valence-corrected chi connectivity index (χ2v) is 5.83. The Kier molecular flexibility index (Phi) is 3.99. The van der Waals surface area contributed by atoms with Crippen molar-refractivity contribution in [2.24, 2.45) is 11.7 Å². The van der Waals surface area contributed by atoms with Crippen molar-refractivity contribution in [3.05, 3.63) is 22.1 Å². The molecule has 0 radical (unpaired) electrons. The fraction of sp³-hybridized carbons (Fsp3) is 0.538. The van der Waals surface area contributed by atoms with Gasteiger partial charge in [-0.2, -0.15) is 0 Å². The second kappa shape index (κ2) is 5.36. The van der Waals surface area contributed by atoms with Gasteiger partial charge in [0.05, 0.1) is 5.92 Å². The maximum Gasteiger partial charge on any atom is 0.290 e. The van der Waals surface area contributed by atoms with Gasteiger partial charge in [0.15, 0.2) is 10.4 Å². The summed E-state index contributed by atoms with van der Waals surface area (Å²) >= 11 is 3.21. The molecule has 5 nitrogen and oxygen atoms in total. The summed E-state index contributed by atoms with van der Waals surface area (Å²) in [6.07, 6.45) is 1.52. The van der Waals surface area contributed by atoms with Crippen molar-refractivity contribution in [1.82, 2.24) is 4.90 Å². The van der Waals surface area contributed by atoms with Gasteiger partial charge in [-0.25, -0.2) is 0 Å². The molecule has 1 aliphatic rings. The average molecular weight is 329 g/mol. The Labute approximate surface area is 120 Å². The van der Waals surface area contributed by atoms with Crippen LogP contribution in [-0.2, 0) is 4.79 Å². The minimum absolute atomic E-state index is 0.0892. The molecular weight excluding hydrogens is 312 g/mol. The molecule has 2 N–H and O–H groups in total. The Morgan fingerprint density at radius 3 is 2.68 bits per heavy atom. The van der Waals surface area contributed by atoms with Crippen molar-refractivity contribution in [3.8, 4) is 0 Å². The van der Waals surface area contributed by atoms with Gasteiger partial charge < -0.3 is 15.1 Å². The fourth-order valence-electron chi connectivity index (χ4n) is 2.41. The molecule has 1 aromatic heterocycles. The van der Waals surface area contributed by atoms with Crippen molar-refractivity contribution < 1.29 is 14.0 Å². The number of carbonyl (C=O) groups is 2. The number of halogens is 1. The number of rotatable bonds is 2. The molecule has 0 aromatic carbocycles. The van der Waals surface area contributed by atoms with E-state index in [1.807, 2.05) is 13.8 Å². The van der Waals surface area contributed by atoms with Gasteiger partial charge in [0, 0.05) is 18.2 Å². The van der Waals surface area contributed by atoms with E-state index in [9.17, 15) is 9.59 Å². The van der Waals surface area contributed by atoms with Crippen molar-refractivity contribution in [3.63, 3.8) is 0 Å². The first-order valence-electron chi connectivity index (χ1n) is 6.26. The normalized spacial score (nSPS) is 23.4. The van der Waals surface area contributed by atoms with Gasteiger partial charge in [-0.05, 0) is 48.7 Å². The molecule has 2 amide bonds. The lowest BCUT2D eigenvalue weighted by Gasteiger charge is -2.36. The Bertz CT molecular complexity index is 512. The number of hydrogen-bond donors (Lipinski definition) is 1. The maximum absolute atomic E-state index is 12.5. The summed E-state index contributed by atoms with van der Waals surface area (Å²) in [5, 5.41) is 0. The van der Waals surface area contributed by atoms with Crippen molar-refractivity contribution in [2.75, 3.05) is 6.54 Å². The molecule has 0 spiro atoms. The summed E-state index contributed by atoms with van der Waals surface area (Å²) in [7, 11) is 0. The largest absolute Gasteiger partial charge is 0.444 e. The number of amides is 2. The zero-order chi connectivity index (χ0) is 14.2. The SMILES string of the molecule is Cc1cc(Br)oc1C(=O)N1C[C@@H](C(N)=O)CC[C@@H]1C. The molecule has 104 valence electrons. The van der Waals surface area contributed by atoms with E-state index in [0.717, 1.165) is 18.4 Å². The minimum atomic E-state index is -0.345. The average Bonchev–Trinajstić information content (AvgIpc) is 2.68. The van der Waals surface area contributed by atoms with E-state index in [1.165, 1.54) is 0 Å². The van der Waals surface area contributed by atoms with Crippen LogP contribution in [0.3, 0.4) is 0 Å². The van der Waals surface area contributed by atoms with E-state index in [2.05, 4.69) is 15.9 Å². The highest BCUT2D eigenvalue weighted by molar-refractivity contribution is 9.10. The molecule has 0 unspecified atom stereocenters. The monoisotopic (exact) mass is 328 g/mol. The number of carbonyl (C=O) groups excluding carboxylic acids is 2. The number of likely N-dealkylation sites (tertiary alicyclic amines) is 1. The van der Waals surface area contributed by atoms with Gasteiger partial charge in [0.1, 0.15) is 0 Å². The summed E-state index contributed by atoms with van der Waals surface area (Å²) in [5.41, 5.74) is 6.12. The third kappa shape index (κ3) is 2.83. The van der Waals surface area contributed by atoms with Crippen LogP contribution in [0.5, 0.6) is 0 Å². The van der Waals surface area contributed by atoms with Gasteiger partial charge in [0.25, 0.3) is 5.91 Å². The van der Waals surface area contributed by atoms with Gasteiger partial charge in [-0.3, -0.25) is 9.59 Å². The van der Waals surface area contributed by atoms with Crippen LogP contribution in [0.1, 0.15) is 35.9 Å². The van der Waals surface area contributed by atoms with Gasteiger partial charge in [-0.1, -0.05) is 0 Å². The molecule has 2 heterocycles. The highest BCUT2D eigenvalue weighted by Crippen LogP contribution is 2.26. The summed E-state index contributed by atoms with van der Waals surface area (Å²) in [6.45, 7) is 4.16. The number of aryl methyl sites for hydroxylation is 1.